The van der Waals surface area contributed by atoms with Crippen molar-refractivity contribution in [3.63, 3.8) is 0 Å². The second-order valence-electron chi connectivity index (χ2n) is 5.69. The van der Waals surface area contributed by atoms with Gasteiger partial charge in [0.1, 0.15) is 5.82 Å². The molecule has 0 saturated carbocycles. The number of methoxy groups -OCH3 is 1. The molecule has 0 spiro atoms. The Labute approximate surface area is 129 Å². The van der Waals surface area contributed by atoms with Crippen LogP contribution in [-0.4, -0.2) is 43.3 Å². The number of aromatic nitrogens is 2. The molecule has 1 rings (SSSR count). The number of nitrogens with zero attached hydrogens (tertiary/aromatic N) is 3. The monoisotopic (exact) mass is 294 g/mol. The molecule has 1 aromatic heterocycles. The highest BCUT2D eigenvalue weighted by Crippen LogP contribution is 2.23. The average molecular weight is 294 g/mol. The minimum atomic E-state index is 0.339. The SMILES string of the molecule is CCC(C)N(CCOC)c1cnc(C(C)C)nc1CNC. The third-order valence-electron chi connectivity index (χ3n) is 3.69. The summed E-state index contributed by atoms with van der Waals surface area (Å²) in [5.74, 6) is 1.24. The predicted octanol–water partition coefficient (Wildman–Crippen LogP) is 2.57. The molecule has 21 heavy (non-hydrogen) atoms. The van der Waals surface area contributed by atoms with Gasteiger partial charge in [0.05, 0.1) is 24.2 Å². The van der Waals surface area contributed by atoms with Crippen LogP contribution >= 0.6 is 0 Å². The van der Waals surface area contributed by atoms with Gasteiger partial charge in [-0.1, -0.05) is 20.8 Å². The van der Waals surface area contributed by atoms with Crippen molar-refractivity contribution in [2.24, 2.45) is 0 Å². The Balaban J connectivity index is 3.15. The van der Waals surface area contributed by atoms with Crippen LogP contribution in [0.15, 0.2) is 6.20 Å². The van der Waals surface area contributed by atoms with E-state index in [1.165, 1.54) is 0 Å². The fraction of sp³-hybridized carbons (Fsp3) is 0.750. The lowest BCUT2D eigenvalue weighted by Gasteiger charge is -2.31. The van der Waals surface area contributed by atoms with Crippen molar-refractivity contribution in [2.45, 2.75) is 52.6 Å². The summed E-state index contributed by atoms with van der Waals surface area (Å²) >= 11 is 0. The van der Waals surface area contributed by atoms with Crippen LogP contribution in [0.1, 0.15) is 51.6 Å². The Hall–Kier alpha value is -1.20. The van der Waals surface area contributed by atoms with Crippen LogP contribution in [0.4, 0.5) is 5.69 Å². The van der Waals surface area contributed by atoms with Crippen LogP contribution < -0.4 is 10.2 Å². The Morgan fingerprint density at radius 2 is 2.05 bits per heavy atom. The normalized spacial score (nSPS) is 12.7. The van der Waals surface area contributed by atoms with Crippen molar-refractivity contribution in [2.75, 3.05) is 32.2 Å². The molecule has 1 atom stereocenters. The summed E-state index contributed by atoms with van der Waals surface area (Å²) in [7, 11) is 3.69. The maximum atomic E-state index is 5.25. The van der Waals surface area contributed by atoms with Crippen LogP contribution in [0.5, 0.6) is 0 Å². The number of rotatable bonds is 9. The molecule has 1 aromatic rings. The molecule has 0 amide bonds. The third-order valence-corrected chi connectivity index (χ3v) is 3.69. The Morgan fingerprint density at radius 3 is 2.57 bits per heavy atom. The van der Waals surface area contributed by atoms with Crippen molar-refractivity contribution in [3.05, 3.63) is 17.7 Å². The first-order valence-electron chi connectivity index (χ1n) is 7.81. The number of hydrogen-bond donors (Lipinski definition) is 1. The molecular formula is C16H30N4O. The van der Waals surface area contributed by atoms with E-state index in [2.05, 4.69) is 42.9 Å². The lowest BCUT2D eigenvalue weighted by atomic mass is 10.1. The molecule has 5 heteroatoms. The molecule has 0 aliphatic rings. The lowest BCUT2D eigenvalue weighted by molar-refractivity contribution is 0.203. The van der Waals surface area contributed by atoms with Crippen LogP contribution in [0.25, 0.3) is 0 Å². The topological polar surface area (TPSA) is 50.3 Å². The second kappa shape index (κ2) is 8.95. The maximum absolute atomic E-state index is 5.25. The van der Waals surface area contributed by atoms with E-state index in [0.29, 0.717) is 18.6 Å². The Kier molecular flexibility index (Phi) is 7.61. The number of ether oxygens (including phenoxy) is 1. The van der Waals surface area contributed by atoms with E-state index in [4.69, 9.17) is 9.72 Å². The van der Waals surface area contributed by atoms with Gasteiger partial charge in [-0.05, 0) is 20.4 Å². The highest BCUT2D eigenvalue weighted by molar-refractivity contribution is 5.50. The van der Waals surface area contributed by atoms with Gasteiger partial charge < -0.3 is 15.0 Å². The van der Waals surface area contributed by atoms with Crippen molar-refractivity contribution in [1.82, 2.24) is 15.3 Å². The summed E-state index contributed by atoms with van der Waals surface area (Å²) in [5.41, 5.74) is 2.17. The van der Waals surface area contributed by atoms with Crippen molar-refractivity contribution < 1.29 is 4.74 Å². The number of anilines is 1. The van der Waals surface area contributed by atoms with Gasteiger partial charge in [-0.2, -0.15) is 0 Å². The van der Waals surface area contributed by atoms with Gasteiger partial charge in [-0.25, -0.2) is 9.97 Å². The summed E-state index contributed by atoms with van der Waals surface area (Å²) < 4.78 is 5.25. The molecule has 0 aromatic carbocycles. The fourth-order valence-corrected chi connectivity index (χ4v) is 2.23. The van der Waals surface area contributed by atoms with Crippen molar-refractivity contribution in [3.8, 4) is 0 Å². The van der Waals surface area contributed by atoms with E-state index < -0.39 is 0 Å². The molecule has 0 saturated heterocycles. The van der Waals surface area contributed by atoms with Crippen LogP contribution in [0.2, 0.25) is 0 Å². The maximum Gasteiger partial charge on any atom is 0.131 e. The highest BCUT2D eigenvalue weighted by atomic mass is 16.5. The zero-order valence-corrected chi connectivity index (χ0v) is 14.3. The molecule has 0 aliphatic heterocycles. The molecule has 0 radical (unpaired) electrons. The smallest absolute Gasteiger partial charge is 0.131 e. The fourth-order valence-electron chi connectivity index (χ4n) is 2.23. The third kappa shape index (κ3) is 4.93. The van der Waals surface area contributed by atoms with Crippen molar-refractivity contribution >= 4 is 5.69 Å². The molecule has 1 N–H and O–H groups in total. The van der Waals surface area contributed by atoms with Gasteiger partial charge in [0, 0.05) is 32.2 Å². The lowest BCUT2D eigenvalue weighted by Crippen LogP contribution is -2.37. The van der Waals surface area contributed by atoms with Gasteiger partial charge in [-0.3, -0.25) is 0 Å². The van der Waals surface area contributed by atoms with Gasteiger partial charge in [-0.15, -0.1) is 0 Å². The molecule has 1 unspecified atom stereocenters. The van der Waals surface area contributed by atoms with Crippen LogP contribution in [0.3, 0.4) is 0 Å². The summed E-state index contributed by atoms with van der Waals surface area (Å²) in [6.07, 6.45) is 3.05. The Bertz CT molecular complexity index is 423. The molecule has 0 fully saturated rings. The number of hydrogen-bond acceptors (Lipinski definition) is 5. The highest BCUT2D eigenvalue weighted by Gasteiger charge is 2.18. The standard InChI is InChI=1S/C16H30N4O/c1-7-13(4)20(8-9-21-6)15-11-18-16(12(2)3)19-14(15)10-17-5/h11-13,17H,7-10H2,1-6H3. The minimum absolute atomic E-state index is 0.339. The van der Waals surface area contributed by atoms with Gasteiger partial charge in [0.2, 0.25) is 0 Å². The summed E-state index contributed by atoms with van der Waals surface area (Å²) in [6, 6.07) is 0.434. The van der Waals surface area contributed by atoms with E-state index in [1.807, 2.05) is 13.2 Å². The van der Waals surface area contributed by atoms with E-state index in [9.17, 15) is 0 Å². The number of nitrogens with one attached hydrogen (secondary N) is 1. The van der Waals surface area contributed by atoms with Crippen molar-refractivity contribution in [1.29, 1.82) is 0 Å². The minimum Gasteiger partial charge on any atom is -0.383 e. The molecule has 5 nitrogen and oxygen atoms in total. The van der Waals surface area contributed by atoms with Gasteiger partial charge in [0.15, 0.2) is 0 Å². The molecule has 0 aliphatic carbocycles. The molecule has 120 valence electrons. The van der Waals surface area contributed by atoms with E-state index in [1.54, 1.807) is 7.11 Å². The summed E-state index contributed by atoms with van der Waals surface area (Å²) in [4.78, 5) is 11.6. The molecule has 1 heterocycles. The van der Waals surface area contributed by atoms with Gasteiger partial charge in [0.25, 0.3) is 0 Å². The first kappa shape index (κ1) is 17.9. The molecule has 0 bridgehead atoms. The molecular weight excluding hydrogens is 264 g/mol. The quantitative estimate of drug-likeness (QED) is 0.758. The summed E-state index contributed by atoms with van der Waals surface area (Å²) in [5, 5.41) is 3.21. The first-order chi connectivity index (χ1) is 10.0. The van der Waals surface area contributed by atoms with Crippen LogP contribution in [-0.2, 0) is 11.3 Å². The van der Waals surface area contributed by atoms with E-state index in [0.717, 1.165) is 36.7 Å². The second-order valence-corrected chi connectivity index (χ2v) is 5.69. The zero-order valence-electron chi connectivity index (χ0n) is 14.3. The largest absolute Gasteiger partial charge is 0.383 e. The average Bonchev–Trinajstić information content (AvgIpc) is 2.48. The summed E-state index contributed by atoms with van der Waals surface area (Å²) in [6.45, 7) is 11.0. The first-order valence-corrected chi connectivity index (χ1v) is 7.81. The predicted molar refractivity (Wildman–Crippen MR) is 87.9 cm³/mol. The van der Waals surface area contributed by atoms with Crippen LogP contribution in [0, 0.1) is 0 Å². The van der Waals surface area contributed by atoms with Gasteiger partial charge >= 0.3 is 0 Å². The van der Waals surface area contributed by atoms with E-state index in [-0.39, 0.29) is 0 Å². The Morgan fingerprint density at radius 1 is 1.33 bits per heavy atom. The van der Waals surface area contributed by atoms with E-state index >= 15 is 0 Å². The zero-order chi connectivity index (χ0) is 15.8.